The first-order chi connectivity index (χ1) is 9.32. The Balaban J connectivity index is 2.23. The maximum absolute atomic E-state index is 12.0. The minimum Gasteiger partial charge on any atom is -0.481 e. The fourth-order valence-corrected chi connectivity index (χ4v) is 3.31. The van der Waals surface area contributed by atoms with Gasteiger partial charge in [-0.15, -0.1) is 0 Å². The monoisotopic (exact) mass is 299 g/mol. The maximum Gasteiger partial charge on any atom is 0.314 e. The molecule has 2 rings (SSSR count). The van der Waals surface area contributed by atoms with Crippen LogP contribution in [0.5, 0.6) is 0 Å². The summed E-state index contributed by atoms with van der Waals surface area (Å²) in [7, 11) is -3.69. The molecule has 0 spiro atoms. The van der Waals surface area contributed by atoms with Crippen LogP contribution in [0.25, 0.3) is 0 Å². The predicted molar refractivity (Wildman–Crippen MR) is 71.9 cm³/mol. The molecule has 0 heterocycles. The highest BCUT2D eigenvalue weighted by molar-refractivity contribution is 7.89. The summed E-state index contributed by atoms with van der Waals surface area (Å²) in [6, 6.07) is 5.29. The first-order valence-corrected chi connectivity index (χ1v) is 7.77. The molecule has 0 amide bonds. The maximum atomic E-state index is 12.0. The first kappa shape index (κ1) is 15.0. The van der Waals surface area contributed by atoms with Gasteiger partial charge in [0.2, 0.25) is 10.0 Å². The molecule has 1 aromatic rings. The second-order valence-corrected chi connectivity index (χ2v) is 6.83. The normalized spacial score (nSPS) is 18.5. The van der Waals surface area contributed by atoms with E-state index in [1.54, 1.807) is 19.1 Å². The molecule has 1 aliphatic rings. The molecule has 1 aliphatic carbocycles. The molecule has 0 unspecified atom stereocenters. The van der Waals surface area contributed by atoms with Crippen molar-refractivity contribution in [2.45, 2.75) is 36.1 Å². The lowest BCUT2D eigenvalue weighted by Gasteiger charge is -2.13. The Morgan fingerprint density at radius 3 is 2.30 bits per heavy atom. The minimum atomic E-state index is -3.69. The van der Waals surface area contributed by atoms with E-state index in [-0.39, 0.29) is 11.5 Å². The summed E-state index contributed by atoms with van der Waals surface area (Å²) in [6.07, 6.45) is 1.16. The van der Waals surface area contributed by atoms with Crippen molar-refractivity contribution in [1.29, 1.82) is 0 Å². The molecule has 20 heavy (non-hydrogen) atoms. The molecule has 3 N–H and O–H groups in total. The van der Waals surface area contributed by atoms with Gasteiger partial charge < -0.3 is 10.2 Å². The van der Waals surface area contributed by atoms with Crippen LogP contribution in [0, 0.1) is 0 Å². The third-order valence-electron chi connectivity index (χ3n) is 3.51. The number of nitrogens with one attached hydrogen (secondary N) is 1. The van der Waals surface area contributed by atoms with Gasteiger partial charge in [-0.3, -0.25) is 4.79 Å². The fourth-order valence-electron chi connectivity index (χ4n) is 2.07. The van der Waals surface area contributed by atoms with E-state index in [4.69, 9.17) is 5.11 Å². The SMILES string of the molecule is C[C@H](CO)NS(=O)(=O)c1ccc(C2(C(=O)O)CC2)cc1. The van der Waals surface area contributed by atoms with Gasteiger partial charge in [-0.2, -0.15) is 0 Å². The van der Waals surface area contributed by atoms with Gasteiger partial charge in [-0.25, -0.2) is 13.1 Å². The largest absolute Gasteiger partial charge is 0.481 e. The Morgan fingerprint density at radius 2 is 1.90 bits per heavy atom. The van der Waals surface area contributed by atoms with Crippen LogP contribution in [0.4, 0.5) is 0 Å². The lowest BCUT2D eigenvalue weighted by Crippen LogP contribution is -2.35. The van der Waals surface area contributed by atoms with Crippen LogP contribution in [-0.4, -0.2) is 37.2 Å². The number of aliphatic hydroxyl groups excluding tert-OH is 1. The molecular formula is C13H17NO5S. The van der Waals surface area contributed by atoms with E-state index in [0.717, 1.165) is 0 Å². The number of hydrogen-bond donors (Lipinski definition) is 3. The number of sulfonamides is 1. The summed E-state index contributed by atoms with van der Waals surface area (Å²) in [6.45, 7) is 1.26. The van der Waals surface area contributed by atoms with Gasteiger partial charge in [0.25, 0.3) is 0 Å². The predicted octanol–water partition coefficient (Wildman–Crippen LogP) is 0.462. The number of hydrogen-bond acceptors (Lipinski definition) is 4. The van der Waals surface area contributed by atoms with Crippen molar-refractivity contribution in [3.05, 3.63) is 29.8 Å². The molecule has 1 fully saturated rings. The van der Waals surface area contributed by atoms with Crippen LogP contribution in [0.1, 0.15) is 25.3 Å². The first-order valence-electron chi connectivity index (χ1n) is 6.29. The zero-order valence-corrected chi connectivity index (χ0v) is 11.9. The van der Waals surface area contributed by atoms with E-state index in [9.17, 15) is 18.3 Å². The summed E-state index contributed by atoms with van der Waals surface area (Å²) >= 11 is 0. The van der Waals surface area contributed by atoms with Gasteiger partial charge in [0.15, 0.2) is 0 Å². The molecule has 1 atom stereocenters. The number of carbonyl (C=O) groups is 1. The molecule has 7 heteroatoms. The summed E-state index contributed by atoms with van der Waals surface area (Å²) in [5, 5.41) is 18.1. The summed E-state index contributed by atoms with van der Waals surface area (Å²) in [4.78, 5) is 11.2. The Labute approximate surface area is 117 Å². The van der Waals surface area contributed by atoms with Crippen LogP contribution in [-0.2, 0) is 20.2 Å². The molecule has 1 saturated carbocycles. The topological polar surface area (TPSA) is 104 Å². The third-order valence-corrected chi connectivity index (χ3v) is 5.11. The number of carboxylic acid groups (broad SMARTS) is 1. The van der Waals surface area contributed by atoms with Gasteiger partial charge in [-0.1, -0.05) is 12.1 Å². The molecule has 0 radical (unpaired) electrons. The number of carboxylic acids is 1. The van der Waals surface area contributed by atoms with E-state index in [0.29, 0.717) is 18.4 Å². The van der Waals surface area contributed by atoms with Gasteiger partial charge in [0.1, 0.15) is 0 Å². The summed E-state index contributed by atoms with van der Waals surface area (Å²) < 4.78 is 26.3. The van der Waals surface area contributed by atoms with E-state index in [1.807, 2.05) is 0 Å². The van der Waals surface area contributed by atoms with E-state index < -0.39 is 27.4 Å². The van der Waals surface area contributed by atoms with Crippen molar-refractivity contribution in [3.8, 4) is 0 Å². The van der Waals surface area contributed by atoms with Crippen LogP contribution in [0.15, 0.2) is 29.2 Å². The van der Waals surface area contributed by atoms with Crippen LogP contribution < -0.4 is 4.72 Å². The van der Waals surface area contributed by atoms with Crippen molar-refractivity contribution >= 4 is 16.0 Å². The molecule has 110 valence electrons. The minimum absolute atomic E-state index is 0.0581. The number of aliphatic hydroxyl groups is 1. The Bertz CT molecular complexity index is 604. The molecular weight excluding hydrogens is 282 g/mol. The van der Waals surface area contributed by atoms with E-state index in [2.05, 4.69) is 4.72 Å². The van der Waals surface area contributed by atoms with Crippen molar-refractivity contribution in [1.82, 2.24) is 4.72 Å². The van der Waals surface area contributed by atoms with Gasteiger partial charge >= 0.3 is 5.97 Å². The van der Waals surface area contributed by atoms with Crippen molar-refractivity contribution in [2.24, 2.45) is 0 Å². The highest BCUT2D eigenvalue weighted by atomic mass is 32.2. The quantitative estimate of drug-likeness (QED) is 0.708. The smallest absolute Gasteiger partial charge is 0.314 e. The summed E-state index contributed by atoms with van der Waals surface area (Å²) in [5.74, 6) is -0.875. The van der Waals surface area contributed by atoms with Gasteiger partial charge in [0, 0.05) is 6.04 Å². The zero-order chi connectivity index (χ0) is 15.0. The molecule has 0 bridgehead atoms. The van der Waals surface area contributed by atoms with E-state index >= 15 is 0 Å². The lowest BCUT2D eigenvalue weighted by atomic mass is 9.96. The van der Waals surface area contributed by atoms with Crippen LogP contribution in [0.3, 0.4) is 0 Å². The third kappa shape index (κ3) is 2.70. The summed E-state index contributed by atoms with van der Waals surface area (Å²) in [5.41, 5.74) is -0.215. The van der Waals surface area contributed by atoms with E-state index in [1.165, 1.54) is 12.1 Å². The second-order valence-electron chi connectivity index (χ2n) is 5.12. The molecule has 1 aromatic carbocycles. The van der Waals surface area contributed by atoms with Crippen LogP contribution >= 0.6 is 0 Å². The van der Waals surface area contributed by atoms with Crippen molar-refractivity contribution < 1.29 is 23.4 Å². The average molecular weight is 299 g/mol. The Hall–Kier alpha value is -1.44. The Morgan fingerprint density at radius 1 is 1.35 bits per heavy atom. The molecule has 0 aromatic heterocycles. The van der Waals surface area contributed by atoms with Gasteiger partial charge in [-0.05, 0) is 37.5 Å². The number of aliphatic carboxylic acids is 1. The Kier molecular flexibility index (Phi) is 3.86. The fraction of sp³-hybridized carbons (Fsp3) is 0.462. The van der Waals surface area contributed by atoms with Gasteiger partial charge in [0.05, 0.1) is 16.9 Å². The highest BCUT2D eigenvalue weighted by Gasteiger charge is 2.51. The van der Waals surface area contributed by atoms with Crippen molar-refractivity contribution in [2.75, 3.05) is 6.61 Å². The average Bonchev–Trinajstić information content (AvgIpc) is 3.20. The number of rotatable bonds is 6. The van der Waals surface area contributed by atoms with Crippen molar-refractivity contribution in [3.63, 3.8) is 0 Å². The molecule has 0 aliphatic heterocycles. The van der Waals surface area contributed by atoms with Crippen LogP contribution in [0.2, 0.25) is 0 Å². The standard InChI is InChI=1S/C13H17NO5S/c1-9(8-15)14-20(18,19)11-4-2-10(3-5-11)13(6-7-13)12(16)17/h2-5,9,14-15H,6-8H2,1H3,(H,16,17)/t9-/m1/s1. The number of benzene rings is 1. The zero-order valence-electron chi connectivity index (χ0n) is 11.0. The lowest BCUT2D eigenvalue weighted by molar-refractivity contribution is -0.140. The highest BCUT2D eigenvalue weighted by Crippen LogP contribution is 2.48. The molecule has 0 saturated heterocycles. The second kappa shape index (κ2) is 5.16. The molecule has 6 nitrogen and oxygen atoms in total.